The lowest BCUT2D eigenvalue weighted by molar-refractivity contribution is 0.0702. The number of carboxylic acids is 1. The van der Waals surface area contributed by atoms with Gasteiger partial charge in [-0.05, 0) is 17.7 Å². The highest BCUT2D eigenvalue weighted by atomic mass is 32.1. The van der Waals surface area contributed by atoms with Crippen LogP contribution in [0.25, 0.3) is 23.4 Å². The first-order chi connectivity index (χ1) is 10.2. The Morgan fingerprint density at radius 1 is 1.14 bits per heavy atom. The number of imidazole rings is 1. The third-order valence-electron chi connectivity index (χ3n) is 2.80. The van der Waals surface area contributed by atoms with E-state index in [1.807, 2.05) is 30.3 Å². The van der Waals surface area contributed by atoms with Crippen LogP contribution in [0.15, 0.2) is 42.7 Å². The molecule has 5 nitrogen and oxygen atoms in total. The molecule has 0 aliphatic rings. The van der Waals surface area contributed by atoms with Crippen molar-refractivity contribution in [2.75, 3.05) is 0 Å². The number of carbonyl (C=O) groups is 1. The molecule has 0 fully saturated rings. The Morgan fingerprint density at radius 3 is 2.67 bits per heavy atom. The summed E-state index contributed by atoms with van der Waals surface area (Å²) in [6.07, 6.45) is 6.63. The molecule has 1 aromatic carbocycles. The molecule has 0 bridgehead atoms. The van der Waals surface area contributed by atoms with Crippen molar-refractivity contribution in [2.24, 2.45) is 0 Å². The molecular formula is C15H11N3O2S. The van der Waals surface area contributed by atoms with E-state index >= 15 is 0 Å². The zero-order valence-electron chi connectivity index (χ0n) is 10.9. The number of aromatic carboxylic acids is 1. The smallest absolute Gasteiger partial charge is 0.347 e. The Labute approximate surface area is 124 Å². The van der Waals surface area contributed by atoms with Crippen molar-refractivity contribution in [2.45, 2.75) is 0 Å². The van der Waals surface area contributed by atoms with E-state index in [9.17, 15) is 4.79 Å². The fourth-order valence-corrected chi connectivity index (χ4v) is 2.46. The van der Waals surface area contributed by atoms with Gasteiger partial charge >= 0.3 is 5.97 Å². The number of nitrogens with one attached hydrogen (secondary N) is 1. The molecule has 0 amide bonds. The van der Waals surface area contributed by atoms with Gasteiger partial charge in [0.25, 0.3) is 0 Å². The molecule has 6 heteroatoms. The Morgan fingerprint density at radius 2 is 1.95 bits per heavy atom. The van der Waals surface area contributed by atoms with Crippen LogP contribution in [-0.2, 0) is 0 Å². The summed E-state index contributed by atoms with van der Waals surface area (Å²) < 4.78 is 0. The van der Waals surface area contributed by atoms with Crippen LogP contribution in [0.3, 0.4) is 0 Å². The van der Waals surface area contributed by atoms with Crippen molar-refractivity contribution in [3.05, 3.63) is 58.4 Å². The maximum atomic E-state index is 10.8. The van der Waals surface area contributed by atoms with Gasteiger partial charge in [-0.25, -0.2) is 14.8 Å². The number of hydrogen-bond acceptors (Lipinski definition) is 4. The lowest BCUT2D eigenvalue weighted by atomic mass is 10.2. The lowest BCUT2D eigenvalue weighted by Gasteiger charge is -1.94. The Kier molecular flexibility index (Phi) is 3.61. The van der Waals surface area contributed by atoms with Gasteiger partial charge in [-0.3, -0.25) is 0 Å². The summed E-state index contributed by atoms with van der Waals surface area (Å²) in [6.45, 7) is 0. The number of rotatable bonds is 4. The number of benzene rings is 1. The van der Waals surface area contributed by atoms with Gasteiger partial charge < -0.3 is 10.1 Å². The number of aromatic nitrogens is 3. The van der Waals surface area contributed by atoms with Gasteiger partial charge in [-0.1, -0.05) is 30.3 Å². The highest BCUT2D eigenvalue weighted by Crippen LogP contribution is 2.18. The first kappa shape index (κ1) is 13.3. The number of thiazole rings is 1. The van der Waals surface area contributed by atoms with Gasteiger partial charge in [0.05, 0.1) is 18.1 Å². The van der Waals surface area contributed by atoms with Crippen molar-refractivity contribution in [1.29, 1.82) is 0 Å². The summed E-state index contributed by atoms with van der Waals surface area (Å²) in [5, 5.41) is 9.47. The standard InChI is InChI=1S/C15H11N3O2S/c19-15(20)12-9-17-14(21-12)7-6-13-16-8-11(18-13)10-4-2-1-3-5-10/h1-9H,(H,16,18)(H,19,20)/b7-6+. The fraction of sp³-hybridized carbons (Fsp3) is 0. The zero-order chi connectivity index (χ0) is 14.7. The zero-order valence-corrected chi connectivity index (χ0v) is 11.7. The van der Waals surface area contributed by atoms with Crippen molar-refractivity contribution in [3.8, 4) is 11.3 Å². The molecule has 3 rings (SSSR count). The van der Waals surface area contributed by atoms with Gasteiger partial charge in [-0.15, -0.1) is 11.3 Å². The van der Waals surface area contributed by atoms with Crippen molar-refractivity contribution in [3.63, 3.8) is 0 Å². The third-order valence-corrected chi connectivity index (χ3v) is 3.75. The molecule has 0 unspecified atom stereocenters. The van der Waals surface area contributed by atoms with Crippen LogP contribution in [0.5, 0.6) is 0 Å². The summed E-state index contributed by atoms with van der Waals surface area (Å²) in [7, 11) is 0. The molecule has 21 heavy (non-hydrogen) atoms. The van der Waals surface area contributed by atoms with Gasteiger partial charge in [0.2, 0.25) is 0 Å². The van der Waals surface area contributed by atoms with E-state index < -0.39 is 5.97 Å². The summed E-state index contributed by atoms with van der Waals surface area (Å²) in [4.78, 5) is 22.5. The topological polar surface area (TPSA) is 78.9 Å². The fourth-order valence-electron chi connectivity index (χ4n) is 1.80. The van der Waals surface area contributed by atoms with Crippen LogP contribution in [0, 0.1) is 0 Å². The molecule has 3 aromatic rings. The molecule has 0 radical (unpaired) electrons. The van der Waals surface area contributed by atoms with Crippen LogP contribution >= 0.6 is 11.3 Å². The summed E-state index contributed by atoms with van der Waals surface area (Å²) in [6, 6.07) is 9.90. The second-order valence-corrected chi connectivity index (χ2v) is 5.31. The van der Waals surface area contributed by atoms with Gasteiger partial charge in [-0.2, -0.15) is 0 Å². The van der Waals surface area contributed by atoms with Crippen molar-refractivity contribution < 1.29 is 9.90 Å². The largest absolute Gasteiger partial charge is 0.477 e. The van der Waals surface area contributed by atoms with Crippen molar-refractivity contribution in [1.82, 2.24) is 15.0 Å². The maximum Gasteiger partial charge on any atom is 0.347 e. The van der Waals surface area contributed by atoms with Gasteiger partial charge in [0.15, 0.2) is 0 Å². The SMILES string of the molecule is O=C(O)c1cnc(/C=C/c2ncc(-c3ccccc3)[nH]2)s1. The molecule has 0 aliphatic carbocycles. The predicted molar refractivity (Wildman–Crippen MR) is 82.0 cm³/mol. The number of carboxylic acid groups (broad SMARTS) is 1. The minimum absolute atomic E-state index is 0.221. The monoisotopic (exact) mass is 297 g/mol. The maximum absolute atomic E-state index is 10.8. The Balaban J connectivity index is 1.77. The molecule has 0 spiro atoms. The van der Waals surface area contributed by atoms with E-state index in [1.165, 1.54) is 6.20 Å². The molecule has 0 saturated carbocycles. The normalized spacial score (nSPS) is 11.0. The van der Waals surface area contributed by atoms with E-state index in [1.54, 1.807) is 18.3 Å². The molecule has 2 N–H and O–H groups in total. The molecular weight excluding hydrogens is 286 g/mol. The van der Waals surface area contributed by atoms with Crippen LogP contribution in [0.4, 0.5) is 0 Å². The van der Waals surface area contributed by atoms with Crippen LogP contribution in [0.1, 0.15) is 20.5 Å². The predicted octanol–water partition coefficient (Wildman–Crippen LogP) is 3.40. The van der Waals surface area contributed by atoms with E-state index in [0.29, 0.717) is 10.8 Å². The Bertz CT molecular complexity index is 790. The molecule has 104 valence electrons. The molecule has 0 saturated heterocycles. The summed E-state index contributed by atoms with van der Waals surface area (Å²) >= 11 is 1.12. The molecule has 2 heterocycles. The van der Waals surface area contributed by atoms with Crippen LogP contribution < -0.4 is 0 Å². The average molecular weight is 297 g/mol. The minimum Gasteiger partial charge on any atom is -0.477 e. The summed E-state index contributed by atoms with van der Waals surface area (Å²) in [5.41, 5.74) is 1.99. The highest BCUT2D eigenvalue weighted by molar-refractivity contribution is 7.14. The quantitative estimate of drug-likeness (QED) is 0.773. The van der Waals surface area contributed by atoms with Crippen LogP contribution in [0.2, 0.25) is 0 Å². The number of hydrogen-bond donors (Lipinski definition) is 2. The first-order valence-electron chi connectivity index (χ1n) is 6.20. The van der Waals surface area contributed by atoms with E-state index in [2.05, 4.69) is 15.0 Å². The van der Waals surface area contributed by atoms with E-state index in [4.69, 9.17) is 5.11 Å². The molecule has 0 aliphatic heterocycles. The third kappa shape index (κ3) is 3.06. The lowest BCUT2D eigenvalue weighted by Crippen LogP contribution is -1.89. The summed E-state index contributed by atoms with van der Waals surface area (Å²) in [5.74, 6) is -0.266. The average Bonchev–Trinajstić information content (AvgIpc) is 3.15. The molecule has 2 aromatic heterocycles. The van der Waals surface area contributed by atoms with E-state index in [0.717, 1.165) is 22.6 Å². The highest BCUT2D eigenvalue weighted by Gasteiger charge is 2.06. The number of H-pyrrole nitrogens is 1. The number of nitrogens with zero attached hydrogens (tertiary/aromatic N) is 2. The van der Waals surface area contributed by atoms with Gasteiger partial charge in [0, 0.05) is 0 Å². The van der Waals surface area contributed by atoms with Crippen molar-refractivity contribution >= 4 is 29.5 Å². The first-order valence-corrected chi connectivity index (χ1v) is 7.01. The molecule has 0 atom stereocenters. The van der Waals surface area contributed by atoms with Gasteiger partial charge in [0.1, 0.15) is 15.7 Å². The second kappa shape index (κ2) is 5.72. The minimum atomic E-state index is -0.962. The second-order valence-electron chi connectivity index (χ2n) is 4.25. The Hall–Kier alpha value is -2.73. The van der Waals surface area contributed by atoms with E-state index in [-0.39, 0.29) is 4.88 Å². The van der Waals surface area contributed by atoms with Crippen LogP contribution in [-0.4, -0.2) is 26.0 Å². The number of aromatic amines is 1.